The summed E-state index contributed by atoms with van der Waals surface area (Å²) in [7, 11) is 0. The maximum absolute atomic E-state index is 12.8. The number of hydrogen-bond acceptors (Lipinski definition) is 3. The highest BCUT2D eigenvalue weighted by molar-refractivity contribution is 5.84. The Labute approximate surface area is 127 Å². The molecule has 1 atom stereocenters. The Kier molecular flexibility index (Phi) is 3.56. The molecule has 3 nitrogen and oxygen atoms in total. The van der Waals surface area contributed by atoms with Crippen LogP contribution in [0.3, 0.4) is 0 Å². The van der Waals surface area contributed by atoms with Gasteiger partial charge in [0.25, 0.3) is 0 Å². The van der Waals surface area contributed by atoms with Gasteiger partial charge in [0.15, 0.2) is 0 Å². The summed E-state index contributed by atoms with van der Waals surface area (Å²) in [6.07, 6.45) is 4.12. The summed E-state index contributed by atoms with van der Waals surface area (Å²) in [5.41, 5.74) is 1.85. The zero-order valence-electron chi connectivity index (χ0n) is 13.2. The molecule has 1 fully saturated rings. The second-order valence-electron chi connectivity index (χ2n) is 6.97. The molecule has 21 heavy (non-hydrogen) atoms. The fourth-order valence-electron chi connectivity index (χ4n) is 3.47. The predicted molar refractivity (Wildman–Crippen MR) is 83.2 cm³/mol. The Hall–Kier alpha value is -1.35. The van der Waals surface area contributed by atoms with Gasteiger partial charge in [-0.25, -0.2) is 4.79 Å². The van der Waals surface area contributed by atoms with E-state index in [9.17, 15) is 4.79 Å². The minimum absolute atomic E-state index is 0.109. The van der Waals surface area contributed by atoms with Crippen LogP contribution in [0.2, 0.25) is 0 Å². The fourth-order valence-corrected chi connectivity index (χ4v) is 3.47. The van der Waals surface area contributed by atoms with Gasteiger partial charge in [0.05, 0.1) is 6.61 Å². The van der Waals surface area contributed by atoms with Crippen LogP contribution < -0.4 is 5.32 Å². The number of carbonyl (C=O) groups excluding carboxylic acids is 1. The third-order valence-corrected chi connectivity index (χ3v) is 4.89. The van der Waals surface area contributed by atoms with E-state index < -0.39 is 5.54 Å². The van der Waals surface area contributed by atoms with Crippen LogP contribution >= 0.6 is 0 Å². The zero-order valence-corrected chi connectivity index (χ0v) is 13.2. The number of nitrogens with one attached hydrogen (secondary N) is 1. The molecule has 0 radical (unpaired) electrons. The van der Waals surface area contributed by atoms with Crippen LogP contribution in [0.5, 0.6) is 0 Å². The standard InChI is InChI=1S/C18H25NO2/c1-4-21-16(20)18(19-13-9-10-13)12-11-17(2,3)14-7-5-6-8-15(14)18/h5-8,13,19H,4,9-12H2,1-3H3. The number of hydrogen-bond donors (Lipinski definition) is 1. The maximum atomic E-state index is 12.8. The van der Waals surface area contributed by atoms with E-state index in [1.165, 1.54) is 5.56 Å². The molecule has 2 aliphatic rings. The molecule has 0 spiro atoms. The largest absolute Gasteiger partial charge is 0.464 e. The third-order valence-electron chi connectivity index (χ3n) is 4.89. The molecule has 1 aromatic rings. The highest BCUT2D eigenvalue weighted by Gasteiger charge is 2.50. The molecule has 3 rings (SSSR count). The van der Waals surface area contributed by atoms with E-state index in [1.807, 2.05) is 13.0 Å². The van der Waals surface area contributed by atoms with Crippen LogP contribution in [0, 0.1) is 0 Å². The lowest BCUT2D eigenvalue weighted by Crippen LogP contribution is -2.55. The molecule has 0 bridgehead atoms. The molecular formula is C18H25NO2. The summed E-state index contributed by atoms with van der Waals surface area (Å²) in [4.78, 5) is 12.8. The van der Waals surface area contributed by atoms with Gasteiger partial charge < -0.3 is 4.74 Å². The van der Waals surface area contributed by atoms with Crippen molar-refractivity contribution in [3.63, 3.8) is 0 Å². The van der Waals surface area contributed by atoms with E-state index in [4.69, 9.17) is 4.74 Å². The van der Waals surface area contributed by atoms with Crippen LogP contribution in [0.1, 0.15) is 57.6 Å². The van der Waals surface area contributed by atoms with Crippen molar-refractivity contribution in [3.05, 3.63) is 35.4 Å². The monoisotopic (exact) mass is 287 g/mol. The smallest absolute Gasteiger partial charge is 0.331 e. The molecule has 0 aliphatic heterocycles. The van der Waals surface area contributed by atoms with Crippen molar-refractivity contribution in [2.24, 2.45) is 0 Å². The maximum Gasteiger partial charge on any atom is 0.331 e. The number of carbonyl (C=O) groups is 1. The van der Waals surface area contributed by atoms with E-state index in [0.717, 1.165) is 31.2 Å². The van der Waals surface area contributed by atoms with Crippen molar-refractivity contribution in [1.82, 2.24) is 5.32 Å². The molecule has 0 aromatic heterocycles. The summed E-state index contributed by atoms with van der Waals surface area (Å²) >= 11 is 0. The molecule has 1 unspecified atom stereocenters. The second-order valence-corrected chi connectivity index (χ2v) is 6.97. The first-order valence-corrected chi connectivity index (χ1v) is 8.04. The average Bonchev–Trinajstić information content (AvgIpc) is 3.27. The normalized spacial score (nSPS) is 27.0. The van der Waals surface area contributed by atoms with E-state index >= 15 is 0 Å². The molecule has 1 saturated carbocycles. The number of fused-ring (bicyclic) bond motifs is 1. The van der Waals surface area contributed by atoms with Gasteiger partial charge in [-0.05, 0) is 49.1 Å². The predicted octanol–water partition coefficient (Wildman–Crippen LogP) is 3.27. The van der Waals surface area contributed by atoms with Crippen LogP contribution in [0.25, 0.3) is 0 Å². The average molecular weight is 287 g/mol. The first kappa shape index (κ1) is 14.6. The van der Waals surface area contributed by atoms with Crippen molar-refractivity contribution in [2.75, 3.05) is 6.61 Å². The van der Waals surface area contributed by atoms with Gasteiger partial charge in [-0.2, -0.15) is 0 Å². The van der Waals surface area contributed by atoms with Gasteiger partial charge in [0.1, 0.15) is 5.54 Å². The van der Waals surface area contributed by atoms with Crippen molar-refractivity contribution < 1.29 is 9.53 Å². The zero-order chi connectivity index (χ0) is 15.1. The van der Waals surface area contributed by atoms with Crippen molar-refractivity contribution in [1.29, 1.82) is 0 Å². The summed E-state index contributed by atoms with van der Waals surface area (Å²) in [5.74, 6) is -0.111. The second kappa shape index (κ2) is 5.13. The van der Waals surface area contributed by atoms with Gasteiger partial charge in [0, 0.05) is 6.04 Å². The molecule has 2 aliphatic carbocycles. The minimum Gasteiger partial charge on any atom is -0.464 e. The quantitative estimate of drug-likeness (QED) is 0.864. The van der Waals surface area contributed by atoms with E-state index in [2.05, 4.69) is 37.4 Å². The Balaban J connectivity index is 2.09. The SMILES string of the molecule is CCOC(=O)C1(NC2CC2)CCC(C)(C)c2ccccc21. The summed E-state index contributed by atoms with van der Waals surface area (Å²) in [6, 6.07) is 8.82. The van der Waals surface area contributed by atoms with Crippen LogP contribution in [0.4, 0.5) is 0 Å². The Morgan fingerprint density at radius 3 is 2.52 bits per heavy atom. The molecule has 0 amide bonds. The third kappa shape index (κ3) is 2.48. The molecule has 0 heterocycles. The first-order valence-electron chi connectivity index (χ1n) is 8.04. The van der Waals surface area contributed by atoms with Gasteiger partial charge >= 0.3 is 5.97 Å². The highest BCUT2D eigenvalue weighted by atomic mass is 16.5. The van der Waals surface area contributed by atoms with Gasteiger partial charge in [0.2, 0.25) is 0 Å². The van der Waals surface area contributed by atoms with E-state index in [0.29, 0.717) is 12.6 Å². The number of ether oxygens (including phenoxy) is 1. The molecule has 1 N–H and O–H groups in total. The molecule has 1 aromatic carbocycles. The lowest BCUT2D eigenvalue weighted by molar-refractivity contribution is -0.153. The molecule has 3 heteroatoms. The molecule has 0 saturated heterocycles. The van der Waals surface area contributed by atoms with Crippen LogP contribution in [0.15, 0.2) is 24.3 Å². The minimum atomic E-state index is -0.650. The number of esters is 1. The summed E-state index contributed by atoms with van der Waals surface area (Å²) < 4.78 is 5.44. The lowest BCUT2D eigenvalue weighted by atomic mass is 9.65. The fraction of sp³-hybridized carbons (Fsp3) is 0.611. The van der Waals surface area contributed by atoms with Gasteiger partial charge in [-0.1, -0.05) is 38.1 Å². The van der Waals surface area contributed by atoms with Gasteiger partial charge in [-0.3, -0.25) is 5.32 Å². The van der Waals surface area contributed by atoms with Crippen LogP contribution in [-0.2, 0) is 20.5 Å². The number of benzene rings is 1. The molecule has 114 valence electrons. The van der Waals surface area contributed by atoms with Gasteiger partial charge in [-0.15, -0.1) is 0 Å². The van der Waals surface area contributed by atoms with Crippen molar-refractivity contribution in [2.45, 2.75) is 63.5 Å². The Bertz CT molecular complexity index is 548. The van der Waals surface area contributed by atoms with E-state index in [1.54, 1.807) is 0 Å². The summed E-state index contributed by atoms with van der Waals surface area (Å²) in [6.45, 7) is 6.83. The van der Waals surface area contributed by atoms with Crippen LogP contribution in [-0.4, -0.2) is 18.6 Å². The first-order chi connectivity index (χ1) is 9.99. The molecular weight excluding hydrogens is 262 g/mol. The lowest BCUT2D eigenvalue weighted by Gasteiger charge is -2.44. The Morgan fingerprint density at radius 1 is 1.24 bits per heavy atom. The number of rotatable bonds is 4. The summed E-state index contributed by atoms with van der Waals surface area (Å²) in [5, 5.41) is 3.61. The topological polar surface area (TPSA) is 38.3 Å². The Morgan fingerprint density at radius 2 is 1.90 bits per heavy atom. The van der Waals surface area contributed by atoms with Crippen molar-refractivity contribution in [3.8, 4) is 0 Å². The highest BCUT2D eigenvalue weighted by Crippen LogP contribution is 2.46. The van der Waals surface area contributed by atoms with E-state index in [-0.39, 0.29) is 11.4 Å². The van der Waals surface area contributed by atoms with Crippen molar-refractivity contribution >= 4 is 5.97 Å².